The summed E-state index contributed by atoms with van der Waals surface area (Å²) in [4.78, 5) is 0. The lowest BCUT2D eigenvalue weighted by molar-refractivity contribution is 1.60. The summed E-state index contributed by atoms with van der Waals surface area (Å²) in [6.45, 7) is 0. The highest BCUT2D eigenvalue weighted by Crippen LogP contribution is 2.45. The van der Waals surface area contributed by atoms with Gasteiger partial charge in [0.15, 0.2) is 0 Å². The molecule has 0 aliphatic carbocycles. The first-order chi connectivity index (χ1) is 25.8. The predicted molar refractivity (Wildman–Crippen MR) is 224 cm³/mol. The van der Waals surface area contributed by atoms with Gasteiger partial charge in [-0.05, 0) is 105 Å². The van der Waals surface area contributed by atoms with Crippen LogP contribution in [0, 0.1) is 0 Å². The molecule has 0 fully saturated rings. The molecule has 0 aromatic heterocycles. The van der Waals surface area contributed by atoms with Gasteiger partial charge in [-0.25, -0.2) is 0 Å². The molecule has 0 amide bonds. The molecular weight excluding hydrogens is 625 g/mol. The average Bonchev–Trinajstić information content (AvgIpc) is 3.22. The van der Waals surface area contributed by atoms with Crippen molar-refractivity contribution >= 4 is 43.1 Å². The molecule has 0 unspecified atom stereocenters. The van der Waals surface area contributed by atoms with Crippen LogP contribution in [0.5, 0.6) is 0 Å². The molecule has 10 aromatic rings. The summed E-state index contributed by atoms with van der Waals surface area (Å²) in [5.74, 6) is 0. The van der Waals surface area contributed by atoms with Gasteiger partial charge in [0.25, 0.3) is 0 Å². The molecule has 242 valence electrons. The largest absolute Gasteiger partial charge is 0.0622 e. The van der Waals surface area contributed by atoms with E-state index in [9.17, 15) is 0 Å². The number of fused-ring (bicyclic) bond motifs is 4. The van der Waals surface area contributed by atoms with E-state index in [0.29, 0.717) is 0 Å². The number of rotatable bonds is 5. The standard InChI is InChI=1S/C52H34/c1-2-13-37(14-3-1)45-33-32-38-15-6-7-17-44(38)50(45)39-27-29-41(30-28-39)52-48-20-10-8-18-46(48)51(47-19-9-11-21-49(47)52)40-25-22-36(23-26-40)43-31-24-35-12-4-5-16-42(35)34-43/h1-34H. The first-order valence-electron chi connectivity index (χ1n) is 18.0. The Hall–Kier alpha value is -6.76. The van der Waals surface area contributed by atoms with Crippen molar-refractivity contribution in [1.82, 2.24) is 0 Å². The highest BCUT2D eigenvalue weighted by atomic mass is 14.2. The van der Waals surface area contributed by atoms with Gasteiger partial charge in [0.2, 0.25) is 0 Å². The second kappa shape index (κ2) is 12.5. The van der Waals surface area contributed by atoms with Crippen LogP contribution in [0.4, 0.5) is 0 Å². The molecule has 0 saturated heterocycles. The van der Waals surface area contributed by atoms with Crippen molar-refractivity contribution in [2.24, 2.45) is 0 Å². The van der Waals surface area contributed by atoms with E-state index < -0.39 is 0 Å². The lowest BCUT2D eigenvalue weighted by Crippen LogP contribution is -1.92. The van der Waals surface area contributed by atoms with E-state index in [1.807, 2.05) is 0 Å². The molecule has 0 heterocycles. The van der Waals surface area contributed by atoms with Gasteiger partial charge in [0.05, 0.1) is 0 Å². The SMILES string of the molecule is c1ccc(-c2ccc3ccccc3c2-c2ccc(-c3c4ccccc4c(-c4ccc(-c5ccc6ccccc6c5)cc4)c4ccccc34)cc2)cc1. The number of hydrogen-bond donors (Lipinski definition) is 0. The Morgan fingerprint density at radius 3 is 1.17 bits per heavy atom. The van der Waals surface area contributed by atoms with Gasteiger partial charge in [-0.1, -0.05) is 200 Å². The van der Waals surface area contributed by atoms with Crippen LogP contribution in [0.15, 0.2) is 206 Å². The third-order valence-corrected chi connectivity index (χ3v) is 10.7. The molecule has 0 radical (unpaired) electrons. The highest BCUT2D eigenvalue weighted by molar-refractivity contribution is 6.21. The average molecular weight is 659 g/mol. The summed E-state index contributed by atoms with van der Waals surface area (Å²) in [6, 6.07) is 75.5. The van der Waals surface area contributed by atoms with Crippen molar-refractivity contribution in [1.29, 1.82) is 0 Å². The zero-order valence-electron chi connectivity index (χ0n) is 28.6. The molecule has 0 aliphatic heterocycles. The molecule has 0 spiro atoms. The van der Waals surface area contributed by atoms with Crippen LogP contribution >= 0.6 is 0 Å². The van der Waals surface area contributed by atoms with Crippen molar-refractivity contribution in [2.75, 3.05) is 0 Å². The van der Waals surface area contributed by atoms with E-state index in [2.05, 4.69) is 206 Å². The van der Waals surface area contributed by atoms with Crippen LogP contribution in [0.1, 0.15) is 0 Å². The molecule has 0 saturated carbocycles. The zero-order valence-corrected chi connectivity index (χ0v) is 28.6. The molecule has 0 N–H and O–H groups in total. The van der Waals surface area contributed by atoms with Gasteiger partial charge in [0, 0.05) is 0 Å². The lowest BCUT2D eigenvalue weighted by Gasteiger charge is -2.19. The summed E-state index contributed by atoms with van der Waals surface area (Å²) in [5, 5.41) is 10.1. The van der Waals surface area contributed by atoms with Gasteiger partial charge in [-0.15, -0.1) is 0 Å². The van der Waals surface area contributed by atoms with Crippen LogP contribution in [0.2, 0.25) is 0 Å². The molecule has 0 heteroatoms. The smallest absolute Gasteiger partial charge is 0.00264 e. The third kappa shape index (κ3) is 5.08. The van der Waals surface area contributed by atoms with Crippen molar-refractivity contribution in [3.05, 3.63) is 206 Å². The van der Waals surface area contributed by atoms with E-state index in [4.69, 9.17) is 0 Å². The quantitative estimate of drug-likeness (QED) is 0.161. The normalized spacial score (nSPS) is 11.5. The Labute approximate surface area is 303 Å². The van der Waals surface area contributed by atoms with Crippen LogP contribution < -0.4 is 0 Å². The summed E-state index contributed by atoms with van der Waals surface area (Å²) in [5.41, 5.74) is 12.4. The fraction of sp³-hybridized carbons (Fsp3) is 0. The van der Waals surface area contributed by atoms with Gasteiger partial charge < -0.3 is 0 Å². The van der Waals surface area contributed by atoms with Gasteiger partial charge in [-0.2, -0.15) is 0 Å². The monoisotopic (exact) mass is 658 g/mol. The molecule has 10 aromatic carbocycles. The van der Waals surface area contributed by atoms with Crippen LogP contribution in [-0.4, -0.2) is 0 Å². The Bertz CT molecular complexity index is 2860. The summed E-state index contributed by atoms with van der Waals surface area (Å²) < 4.78 is 0. The van der Waals surface area contributed by atoms with Gasteiger partial charge in [0.1, 0.15) is 0 Å². The fourth-order valence-electron chi connectivity index (χ4n) is 8.19. The minimum Gasteiger partial charge on any atom is -0.0622 e. The van der Waals surface area contributed by atoms with Crippen LogP contribution in [0.25, 0.3) is 98.7 Å². The van der Waals surface area contributed by atoms with E-state index in [0.717, 1.165) is 0 Å². The van der Waals surface area contributed by atoms with E-state index in [1.165, 1.54) is 98.7 Å². The zero-order chi connectivity index (χ0) is 34.4. The maximum atomic E-state index is 2.32. The first kappa shape index (κ1) is 30.1. The molecule has 0 bridgehead atoms. The summed E-state index contributed by atoms with van der Waals surface area (Å²) >= 11 is 0. The summed E-state index contributed by atoms with van der Waals surface area (Å²) in [7, 11) is 0. The van der Waals surface area contributed by atoms with E-state index in [1.54, 1.807) is 0 Å². The Kier molecular flexibility index (Phi) is 7.25. The summed E-state index contributed by atoms with van der Waals surface area (Å²) in [6.07, 6.45) is 0. The number of benzene rings is 10. The molecule has 0 aliphatic rings. The second-order valence-electron chi connectivity index (χ2n) is 13.6. The van der Waals surface area contributed by atoms with Crippen molar-refractivity contribution in [3.63, 3.8) is 0 Å². The highest BCUT2D eigenvalue weighted by Gasteiger charge is 2.18. The van der Waals surface area contributed by atoms with Gasteiger partial charge >= 0.3 is 0 Å². The second-order valence-corrected chi connectivity index (χ2v) is 13.6. The number of hydrogen-bond acceptors (Lipinski definition) is 0. The maximum Gasteiger partial charge on any atom is -0.00264 e. The topological polar surface area (TPSA) is 0 Å². The van der Waals surface area contributed by atoms with Crippen molar-refractivity contribution < 1.29 is 0 Å². The van der Waals surface area contributed by atoms with Crippen molar-refractivity contribution in [3.8, 4) is 55.6 Å². The van der Waals surface area contributed by atoms with Crippen molar-refractivity contribution in [2.45, 2.75) is 0 Å². The minimum absolute atomic E-state index is 1.22. The Morgan fingerprint density at radius 2 is 0.596 bits per heavy atom. The molecule has 0 nitrogen and oxygen atoms in total. The lowest BCUT2D eigenvalue weighted by atomic mass is 9.85. The Morgan fingerprint density at radius 1 is 0.192 bits per heavy atom. The minimum atomic E-state index is 1.22. The predicted octanol–water partition coefficient (Wildman–Crippen LogP) is 14.6. The van der Waals surface area contributed by atoms with Gasteiger partial charge in [-0.3, -0.25) is 0 Å². The molecule has 0 atom stereocenters. The van der Waals surface area contributed by atoms with E-state index in [-0.39, 0.29) is 0 Å². The van der Waals surface area contributed by atoms with E-state index >= 15 is 0 Å². The fourth-order valence-corrected chi connectivity index (χ4v) is 8.19. The molecule has 52 heavy (non-hydrogen) atoms. The maximum absolute atomic E-state index is 2.32. The van der Waals surface area contributed by atoms with Crippen LogP contribution in [-0.2, 0) is 0 Å². The third-order valence-electron chi connectivity index (χ3n) is 10.7. The molecular formula is C52H34. The Balaban J connectivity index is 1.11. The van der Waals surface area contributed by atoms with Crippen LogP contribution in [0.3, 0.4) is 0 Å². The first-order valence-corrected chi connectivity index (χ1v) is 18.0. The molecule has 10 rings (SSSR count).